The predicted octanol–water partition coefficient (Wildman–Crippen LogP) is 2.44. The second kappa shape index (κ2) is 4.49. The van der Waals surface area contributed by atoms with Crippen LogP contribution in [0.5, 0.6) is 0 Å². The molecule has 0 unspecified atom stereocenters. The number of amides is 1. The van der Waals surface area contributed by atoms with Crippen molar-refractivity contribution in [3.63, 3.8) is 0 Å². The number of halogens is 1. The van der Waals surface area contributed by atoms with Crippen LogP contribution in [0.1, 0.15) is 42.0 Å². The molecule has 1 aromatic heterocycles. The van der Waals surface area contributed by atoms with Gasteiger partial charge in [0.2, 0.25) is 0 Å². The van der Waals surface area contributed by atoms with Gasteiger partial charge >= 0.3 is 0 Å². The maximum atomic E-state index is 12.0. The van der Waals surface area contributed by atoms with Gasteiger partial charge in [0, 0.05) is 23.3 Å². The van der Waals surface area contributed by atoms with Gasteiger partial charge in [-0.2, -0.15) is 0 Å². The van der Waals surface area contributed by atoms with Crippen molar-refractivity contribution in [2.45, 2.75) is 37.5 Å². The molecule has 0 radical (unpaired) electrons. The van der Waals surface area contributed by atoms with Gasteiger partial charge in [0.05, 0.1) is 0 Å². The SMILES string of the molecule is Cc1oc(C(=O)NCC2(C3CC3)CC2)cc1S(=O)(=O)Cl. The molecule has 2 saturated carbocycles. The van der Waals surface area contributed by atoms with E-state index in [9.17, 15) is 13.2 Å². The summed E-state index contributed by atoms with van der Waals surface area (Å²) in [5, 5.41) is 2.84. The number of carbonyl (C=O) groups is 1. The van der Waals surface area contributed by atoms with Crippen molar-refractivity contribution in [2.24, 2.45) is 11.3 Å². The van der Waals surface area contributed by atoms with E-state index in [1.807, 2.05) is 0 Å². The van der Waals surface area contributed by atoms with E-state index in [4.69, 9.17) is 15.1 Å². The van der Waals surface area contributed by atoms with Gasteiger partial charge in [0.15, 0.2) is 5.76 Å². The molecule has 2 aliphatic rings. The Morgan fingerprint density at radius 1 is 1.50 bits per heavy atom. The van der Waals surface area contributed by atoms with Crippen LogP contribution in [0.2, 0.25) is 0 Å². The topological polar surface area (TPSA) is 76.4 Å². The standard InChI is InChI=1S/C13H16ClNO4S/c1-8-11(20(14,17)18)6-10(19-8)12(16)15-7-13(4-5-13)9-2-3-9/h6,9H,2-5,7H2,1H3,(H,15,16). The molecule has 3 rings (SSSR count). The van der Waals surface area contributed by atoms with Crippen molar-refractivity contribution >= 4 is 25.6 Å². The normalized spacial score (nSPS) is 20.7. The summed E-state index contributed by atoms with van der Waals surface area (Å²) in [6, 6.07) is 1.18. The highest BCUT2D eigenvalue weighted by Gasteiger charge is 2.53. The zero-order valence-electron chi connectivity index (χ0n) is 11.1. The smallest absolute Gasteiger partial charge is 0.287 e. The summed E-state index contributed by atoms with van der Waals surface area (Å²) < 4.78 is 27.8. The van der Waals surface area contributed by atoms with Crippen LogP contribution in [0, 0.1) is 18.3 Å². The van der Waals surface area contributed by atoms with Crippen molar-refractivity contribution in [3.8, 4) is 0 Å². The summed E-state index contributed by atoms with van der Waals surface area (Å²) in [5.41, 5.74) is 0.290. The molecule has 0 saturated heterocycles. The zero-order chi connectivity index (χ0) is 14.5. The summed E-state index contributed by atoms with van der Waals surface area (Å²) in [5.74, 6) is 0.494. The minimum atomic E-state index is -3.88. The molecule has 20 heavy (non-hydrogen) atoms. The molecule has 2 aliphatic carbocycles. The molecule has 1 aromatic rings. The number of nitrogens with one attached hydrogen (secondary N) is 1. The van der Waals surface area contributed by atoms with Gasteiger partial charge in [-0.25, -0.2) is 8.42 Å². The average molecular weight is 318 g/mol. The Morgan fingerprint density at radius 3 is 2.60 bits per heavy atom. The number of aryl methyl sites for hydroxylation is 1. The maximum Gasteiger partial charge on any atom is 0.287 e. The van der Waals surface area contributed by atoms with E-state index in [1.165, 1.54) is 25.8 Å². The molecule has 110 valence electrons. The predicted molar refractivity (Wildman–Crippen MR) is 73.2 cm³/mol. The van der Waals surface area contributed by atoms with Crippen molar-refractivity contribution in [3.05, 3.63) is 17.6 Å². The van der Waals surface area contributed by atoms with Crippen LogP contribution in [0.15, 0.2) is 15.4 Å². The lowest BCUT2D eigenvalue weighted by molar-refractivity contribution is 0.0913. The third-order valence-electron chi connectivity index (χ3n) is 4.30. The zero-order valence-corrected chi connectivity index (χ0v) is 12.7. The van der Waals surface area contributed by atoms with E-state index in [0.29, 0.717) is 12.0 Å². The van der Waals surface area contributed by atoms with E-state index in [0.717, 1.165) is 18.8 Å². The Hall–Kier alpha value is -1.01. The second-order valence-electron chi connectivity index (χ2n) is 5.79. The molecule has 1 N–H and O–H groups in total. The molecule has 0 atom stereocenters. The minimum Gasteiger partial charge on any atom is -0.455 e. The van der Waals surface area contributed by atoms with Gasteiger partial charge in [-0.05, 0) is 43.9 Å². The first-order chi connectivity index (χ1) is 9.32. The number of furan rings is 1. The summed E-state index contributed by atoms with van der Waals surface area (Å²) >= 11 is 0. The fraction of sp³-hybridized carbons (Fsp3) is 0.615. The van der Waals surface area contributed by atoms with Gasteiger partial charge in [0.25, 0.3) is 15.0 Å². The fourth-order valence-corrected chi connectivity index (χ4v) is 3.84. The summed E-state index contributed by atoms with van der Waals surface area (Å²) in [7, 11) is 1.39. The molecule has 7 heteroatoms. The van der Waals surface area contributed by atoms with Crippen molar-refractivity contribution < 1.29 is 17.6 Å². The maximum absolute atomic E-state index is 12.0. The Morgan fingerprint density at radius 2 is 2.15 bits per heavy atom. The average Bonchev–Trinajstić information content (AvgIpc) is 3.22. The Balaban J connectivity index is 1.68. The number of hydrogen-bond donors (Lipinski definition) is 1. The van der Waals surface area contributed by atoms with Crippen molar-refractivity contribution in [1.29, 1.82) is 0 Å². The molecule has 0 spiro atoms. The van der Waals surface area contributed by atoms with E-state index in [-0.39, 0.29) is 22.3 Å². The molecule has 0 aliphatic heterocycles. The van der Waals surface area contributed by atoms with Crippen LogP contribution in [-0.2, 0) is 9.05 Å². The molecule has 2 fully saturated rings. The van der Waals surface area contributed by atoms with Crippen LogP contribution in [0.25, 0.3) is 0 Å². The molecule has 0 aromatic carbocycles. The molecule has 0 bridgehead atoms. The van der Waals surface area contributed by atoms with Crippen molar-refractivity contribution in [1.82, 2.24) is 5.32 Å². The Labute approximate surface area is 122 Å². The number of rotatable bonds is 5. The lowest BCUT2D eigenvalue weighted by atomic mass is 10.0. The highest BCUT2D eigenvalue weighted by atomic mass is 35.7. The first kappa shape index (κ1) is 13.9. The molecule has 1 amide bonds. The molecule has 1 heterocycles. The van der Waals surface area contributed by atoms with Gasteiger partial charge in [-0.3, -0.25) is 4.79 Å². The van der Waals surface area contributed by atoms with Crippen LogP contribution in [0.3, 0.4) is 0 Å². The lowest BCUT2D eigenvalue weighted by Gasteiger charge is -2.13. The quantitative estimate of drug-likeness (QED) is 0.846. The van der Waals surface area contributed by atoms with Gasteiger partial charge < -0.3 is 9.73 Å². The van der Waals surface area contributed by atoms with Crippen LogP contribution in [-0.4, -0.2) is 20.9 Å². The monoisotopic (exact) mass is 317 g/mol. The summed E-state index contributed by atoms with van der Waals surface area (Å²) in [6.07, 6.45) is 4.83. The minimum absolute atomic E-state index is 0.00618. The third kappa shape index (κ3) is 2.59. The van der Waals surface area contributed by atoms with E-state index >= 15 is 0 Å². The first-order valence-corrected chi connectivity index (χ1v) is 8.96. The van der Waals surface area contributed by atoms with E-state index in [2.05, 4.69) is 5.32 Å². The van der Waals surface area contributed by atoms with Crippen LogP contribution in [0.4, 0.5) is 0 Å². The Bertz CT molecular complexity index is 656. The van der Waals surface area contributed by atoms with Gasteiger partial charge in [-0.15, -0.1) is 0 Å². The molecular formula is C13H16ClNO4S. The van der Waals surface area contributed by atoms with Crippen molar-refractivity contribution in [2.75, 3.05) is 6.54 Å². The number of carbonyl (C=O) groups excluding carboxylic acids is 1. The molecular weight excluding hydrogens is 302 g/mol. The fourth-order valence-electron chi connectivity index (χ4n) is 2.75. The lowest BCUT2D eigenvalue weighted by Crippen LogP contribution is -2.30. The Kier molecular flexibility index (Phi) is 3.14. The largest absolute Gasteiger partial charge is 0.455 e. The summed E-state index contributed by atoms with van der Waals surface area (Å²) in [4.78, 5) is 11.9. The highest BCUT2D eigenvalue weighted by Crippen LogP contribution is 2.60. The first-order valence-electron chi connectivity index (χ1n) is 6.65. The third-order valence-corrected chi connectivity index (χ3v) is 5.72. The van der Waals surface area contributed by atoms with Crippen LogP contribution >= 0.6 is 10.7 Å². The molecule has 5 nitrogen and oxygen atoms in total. The summed E-state index contributed by atoms with van der Waals surface area (Å²) in [6.45, 7) is 2.11. The van der Waals surface area contributed by atoms with Gasteiger partial charge in [-0.1, -0.05) is 0 Å². The highest BCUT2D eigenvalue weighted by molar-refractivity contribution is 8.13. The van der Waals surface area contributed by atoms with E-state index < -0.39 is 9.05 Å². The van der Waals surface area contributed by atoms with E-state index in [1.54, 1.807) is 0 Å². The van der Waals surface area contributed by atoms with Crippen LogP contribution < -0.4 is 5.32 Å². The van der Waals surface area contributed by atoms with Gasteiger partial charge in [0.1, 0.15) is 10.7 Å². The second-order valence-corrected chi connectivity index (χ2v) is 8.32. The number of hydrogen-bond acceptors (Lipinski definition) is 4.